The molecule has 0 aliphatic carbocycles. The Morgan fingerprint density at radius 2 is 2.11 bits per heavy atom. The number of carbonyl (C=O) groups is 1. The molecule has 1 spiro atoms. The summed E-state index contributed by atoms with van der Waals surface area (Å²) in [6.45, 7) is 5.00. The summed E-state index contributed by atoms with van der Waals surface area (Å²) in [4.78, 5) is 13.4. The van der Waals surface area contributed by atoms with Gasteiger partial charge in [0.05, 0.1) is 12.6 Å². The highest BCUT2D eigenvalue weighted by molar-refractivity contribution is 5.78. The Morgan fingerprint density at radius 1 is 1.33 bits per heavy atom. The number of amides is 2. The molecule has 1 aromatic rings. The Morgan fingerprint density at radius 3 is 2.78 bits per heavy atom. The van der Waals surface area contributed by atoms with E-state index in [-0.39, 0.29) is 18.2 Å². The number of aliphatic hydroxyl groups excluding tert-OH is 1. The number of rotatable bonds is 9. The first kappa shape index (κ1) is 19.5. The fourth-order valence-corrected chi connectivity index (χ4v) is 3.53. The van der Waals surface area contributed by atoms with Crippen LogP contribution in [0, 0.1) is 0 Å². The van der Waals surface area contributed by atoms with Gasteiger partial charge < -0.3 is 25.2 Å². The van der Waals surface area contributed by atoms with E-state index in [1.165, 1.54) is 0 Å². The molecule has 3 rings (SSSR count). The van der Waals surface area contributed by atoms with Gasteiger partial charge in [0.1, 0.15) is 24.2 Å². The minimum Gasteiger partial charge on any atom is -0.497 e. The van der Waals surface area contributed by atoms with Crippen molar-refractivity contribution in [3.8, 4) is 11.5 Å². The molecule has 1 unspecified atom stereocenters. The summed E-state index contributed by atoms with van der Waals surface area (Å²) in [5, 5.41) is 16.0. The number of benzene rings is 1. The largest absolute Gasteiger partial charge is 0.497 e. The summed E-state index contributed by atoms with van der Waals surface area (Å²) in [5.41, 5.74) is 0.853. The Labute approximate surface area is 160 Å². The van der Waals surface area contributed by atoms with Gasteiger partial charge in [-0.15, -0.1) is 0 Å². The number of nitrogens with zero attached hydrogens (tertiary/aromatic N) is 1. The lowest BCUT2D eigenvalue weighted by Crippen LogP contribution is -2.69. The highest BCUT2D eigenvalue weighted by Gasteiger charge is 2.47. The lowest BCUT2D eigenvalue weighted by Gasteiger charge is -2.47. The van der Waals surface area contributed by atoms with Crippen molar-refractivity contribution >= 4 is 12.1 Å². The van der Waals surface area contributed by atoms with Gasteiger partial charge in [0, 0.05) is 32.2 Å². The first-order chi connectivity index (χ1) is 13.0. The molecule has 1 aromatic carbocycles. The Hall–Kier alpha value is -2.25. The van der Waals surface area contributed by atoms with Crippen LogP contribution >= 0.6 is 0 Å². The van der Waals surface area contributed by atoms with E-state index in [1.54, 1.807) is 7.11 Å². The van der Waals surface area contributed by atoms with Gasteiger partial charge in [0.25, 0.3) is 0 Å². The number of hydrogen-bond donors (Lipinski definition) is 3. The number of methoxy groups -OCH3 is 1. The van der Waals surface area contributed by atoms with E-state index in [0.29, 0.717) is 18.8 Å². The second-order valence-electron chi connectivity index (χ2n) is 7.36. The minimum atomic E-state index is -0.599. The summed E-state index contributed by atoms with van der Waals surface area (Å²) >= 11 is 0. The minimum absolute atomic E-state index is 0.111. The average Bonchev–Trinajstić information content (AvgIpc) is 3.01. The van der Waals surface area contributed by atoms with E-state index in [9.17, 15) is 9.90 Å². The lowest BCUT2D eigenvalue weighted by atomic mass is 9.91. The van der Waals surface area contributed by atoms with E-state index >= 15 is 0 Å². The summed E-state index contributed by atoms with van der Waals surface area (Å²) in [6, 6.07) is 5.61. The predicted octanol–water partition coefficient (Wildman–Crippen LogP) is 1.62. The average molecular weight is 375 g/mol. The van der Waals surface area contributed by atoms with Gasteiger partial charge in [-0.05, 0) is 24.1 Å². The van der Waals surface area contributed by atoms with Crippen LogP contribution < -0.4 is 20.1 Å². The maximum absolute atomic E-state index is 11.3. The molecule has 2 aliphatic rings. The van der Waals surface area contributed by atoms with Crippen molar-refractivity contribution in [3.63, 3.8) is 0 Å². The first-order valence-corrected chi connectivity index (χ1v) is 9.47. The normalized spacial score (nSPS) is 19.6. The number of carbonyl (C=O) groups excluding carboxylic acids is 1. The fourth-order valence-electron chi connectivity index (χ4n) is 3.53. The number of β-amino-alcohol motifs (C(OH)–C–C–N with tert-alkyl or cyclic N) is 1. The van der Waals surface area contributed by atoms with Gasteiger partial charge in [-0.25, -0.2) is 4.79 Å². The predicted molar refractivity (Wildman–Crippen MR) is 104 cm³/mol. The van der Waals surface area contributed by atoms with Crippen LogP contribution in [0.15, 0.2) is 24.3 Å². The van der Waals surface area contributed by atoms with Crippen LogP contribution in [0.25, 0.3) is 6.08 Å². The number of allylic oxidation sites excluding steroid dienone is 1. The number of unbranched alkanes of at least 4 members (excludes halogenated alkanes) is 1. The lowest BCUT2D eigenvalue weighted by molar-refractivity contribution is 0.00538. The number of ether oxygens (including phenoxy) is 2. The Balaban J connectivity index is 1.47. The van der Waals surface area contributed by atoms with E-state index in [0.717, 1.165) is 37.2 Å². The highest BCUT2D eigenvalue weighted by Crippen LogP contribution is 2.25. The van der Waals surface area contributed by atoms with E-state index in [4.69, 9.17) is 9.47 Å². The quantitative estimate of drug-likeness (QED) is 0.611. The number of urea groups is 1. The molecule has 148 valence electrons. The monoisotopic (exact) mass is 375 g/mol. The van der Waals surface area contributed by atoms with E-state index < -0.39 is 6.10 Å². The molecule has 7 nitrogen and oxygen atoms in total. The van der Waals surface area contributed by atoms with Crippen molar-refractivity contribution in [2.75, 3.05) is 39.9 Å². The maximum Gasteiger partial charge on any atom is 0.315 e. The van der Waals surface area contributed by atoms with Gasteiger partial charge in [-0.2, -0.15) is 0 Å². The van der Waals surface area contributed by atoms with Gasteiger partial charge in [0.2, 0.25) is 0 Å². The molecule has 7 heteroatoms. The topological polar surface area (TPSA) is 83.1 Å². The van der Waals surface area contributed by atoms with Crippen molar-refractivity contribution in [2.24, 2.45) is 0 Å². The molecule has 0 saturated carbocycles. The molecule has 0 bridgehead atoms. The standard InChI is InChI=1S/C20H29N3O4/c1-3-4-5-6-15-7-17(26-2)9-18(8-15)27-11-16(24)10-23-13-20(14-23)12-21-19(25)22-20/h5-9,16,24H,3-4,10-14H2,1-2H3,(H2,21,22,25)/b6-5+. The second-order valence-corrected chi connectivity index (χ2v) is 7.36. The van der Waals surface area contributed by atoms with Crippen LogP contribution in [0.5, 0.6) is 11.5 Å². The number of aliphatic hydroxyl groups is 1. The molecule has 3 N–H and O–H groups in total. The smallest absolute Gasteiger partial charge is 0.315 e. The Kier molecular flexibility index (Phi) is 6.23. The number of nitrogens with one attached hydrogen (secondary N) is 2. The molecular weight excluding hydrogens is 346 g/mol. The van der Waals surface area contributed by atoms with Crippen molar-refractivity contribution in [1.29, 1.82) is 0 Å². The summed E-state index contributed by atoms with van der Waals surface area (Å²) in [6.07, 6.45) is 5.72. The van der Waals surface area contributed by atoms with Crippen LogP contribution in [0.1, 0.15) is 25.3 Å². The summed E-state index contributed by atoms with van der Waals surface area (Å²) < 4.78 is 11.1. The molecule has 2 fully saturated rings. The van der Waals surface area contributed by atoms with Crippen molar-refractivity contribution < 1.29 is 19.4 Å². The summed E-state index contributed by atoms with van der Waals surface area (Å²) in [7, 11) is 1.63. The third kappa shape index (κ3) is 5.14. The van der Waals surface area contributed by atoms with Crippen molar-refractivity contribution in [3.05, 3.63) is 29.8 Å². The number of hydrogen-bond acceptors (Lipinski definition) is 5. The van der Waals surface area contributed by atoms with Crippen LogP contribution in [0.4, 0.5) is 4.79 Å². The highest BCUT2D eigenvalue weighted by atomic mass is 16.5. The molecule has 0 aromatic heterocycles. The first-order valence-electron chi connectivity index (χ1n) is 9.47. The molecule has 2 saturated heterocycles. The molecule has 0 radical (unpaired) electrons. The van der Waals surface area contributed by atoms with Gasteiger partial charge in [-0.1, -0.05) is 25.5 Å². The van der Waals surface area contributed by atoms with Crippen LogP contribution in [-0.2, 0) is 0 Å². The molecule has 2 amide bonds. The fraction of sp³-hybridized carbons (Fsp3) is 0.550. The van der Waals surface area contributed by atoms with Gasteiger partial charge in [0.15, 0.2) is 0 Å². The van der Waals surface area contributed by atoms with Crippen LogP contribution in [-0.4, -0.2) is 67.6 Å². The molecular formula is C20H29N3O4. The Bertz CT molecular complexity index is 686. The SMILES string of the molecule is CCC/C=C/c1cc(OC)cc(OCC(O)CN2CC3(CNC(=O)N3)C2)c1. The zero-order chi connectivity index (χ0) is 19.3. The second kappa shape index (κ2) is 8.63. The zero-order valence-corrected chi connectivity index (χ0v) is 16.0. The number of likely N-dealkylation sites (tertiary alicyclic amines) is 1. The van der Waals surface area contributed by atoms with Crippen LogP contribution in [0.2, 0.25) is 0 Å². The third-order valence-corrected chi connectivity index (χ3v) is 4.83. The molecule has 2 heterocycles. The van der Waals surface area contributed by atoms with Crippen molar-refractivity contribution in [1.82, 2.24) is 15.5 Å². The molecule has 27 heavy (non-hydrogen) atoms. The van der Waals surface area contributed by atoms with E-state index in [2.05, 4.69) is 34.6 Å². The molecule has 1 atom stereocenters. The zero-order valence-electron chi connectivity index (χ0n) is 16.0. The third-order valence-electron chi connectivity index (χ3n) is 4.83. The van der Waals surface area contributed by atoms with Crippen molar-refractivity contribution in [2.45, 2.75) is 31.4 Å². The van der Waals surface area contributed by atoms with Crippen LogP contribution in [0.3, 0.4) is 0 Å². The maximum atomic E-state index is 11.3. The van der Waals surface area contributed by atoms with E-state index in [1.807, 2.05) is 18.2 Å². The van der Waals surface area contributed by atoms with Gasteiger partial charge >= 0.3 is 6.03 Å². The van der Waals surface area contributed by atoms with Gasteiger partial charge in [-0.3, -0.25) is 4.90 Å². The molecule has 2 aliphatic heterocycles. The summed E-state index contributed by atoms with van der Waals surface area (Å²) in [5.74, 6) is 1.41.